The SMILES string of the molecule is CC(C)c1ccc(NC(=O)CSC2=Nc3ccccc3C3=NC(=O)C(CCC(=O)NCc4ccc5c(c4)OCO5)N23)cc1. The summed E-state index contributed by atoms with van der Waals surface area (Å²) in [5.41, 5.74) is 4.21. The molecule has 3 aromatic carbocycles. The normalized spacial score (nSPS) is 16.4. The molecule has 43 heavy (non-hydrogen) atoms. The number of carbonyl (C=O) groups is 3. The summed E-state index contributed by atoms with van der Waals surface area (Å²) in [6, 6.07) is 20.1. The van der Waals surface area contributed by atoms with Gasteiger partial charge in [-0.05, 0) is 59.9 Å². The van der Waals surface area contributed by atoms with Crippen molar-refractivity contribution >= 4 is 51.9 Å². The molecule has 220 valence electrons. The molecular formula is C32H31N5O5S. The van der Waals surface area contributed by atoms with Crippen LogP contribution in [0.2, 0.25) is 0 Å². The number of nitrogens with zero attached hydrogens (tertiary/aromatic N) is 3. The first-order valence-corrected chi connectivity index (χ1v) is 15.1. The maximum Gasteiger partial charge on any atom is 0.270 e. The Morgan fingerprint density at radius 3 is 2.60 bits per heavy atom. The van der Waals surface area contributed by atoms with Crippen LogP contribution in [-0.4, -0.2) is 52.2 Å². The van der Waals surface area contributed by atoms with Gasteiger partial charge in [-0.15, -0.1) is 0 Å². The third-order valence-corrected chi connectivity index (χ3v) is 8.33. The molecule has 3 aliphatic rings. The molecule has 0 radical (unpaired) electrons. The van der Waals surface area contributed by atoms with E-state index in [4.69, 9.17) is 14.5 Å². The topological polar surface area (TPSA) is 122 Å². The summed E-state index contributed by atoms with van der Waals surface area (Å²) in [6.45, 7) is 4.75. The number of thioether (sulfide) groups is 1. The molecule has 0 spiro atoms. The fraction of sp³-hybridized carbons (Fsp3) is 0.281. The number of hydrogen-bond donors (Lipinski definition) is 2. The molecule has 2 N–H and O–H groups in total. The number of anilines is 1. The van der Waals surface area contributed by atoms with Crippen LogP contribution < -0.4 is 20.1 Å². The van der Waals surface area contributed by atoms with Crippen molar-refractivity contribution in [1.82, 2.24) is 10.2 Å². The van der Waals surface area contributed by atoms with Gasteiger partial charge in [0, 0.05) is 24.2 Å². The molecule has 1 atom stereocenters. The molecule has 0 aromatic heterocycles. The van der Waals surface area contributed by atoms with Gasteiger partial charge in [0.1, 0.15) is 11.9 Å². The Kier molecular flexibility index (Phi) is 8.15. The van der Waals surface area contributed by atoms with Gasteiger partial charge in [0.25, 0.3) is 5.91 Å². The van der Waals surface area contributed by atoms with E-state index >= 15 is 0 Å². The van der Waals surface area contributed by atoms with E-state index in [9.17, 15) is 14.4 Å². The molecule has 0 fully saturated rings. The fourth-order valence-electron chi connectivity index (χ4n) is 5.06. The van der Waals surface area contributed by atoms with Gasteiger partial charge in [0.15, 0.2) is 16.7 Å². The second-order valence-electron chi connectivity index (χ2n) is 10.7. The monoisotopic (exact) mass is 597 g/mol. The van der Waals surface area contributed by atoms with Gasteiger partial charge < -0.3 is 20.1 Å². The molecule has 10 nitrogen and oxygen atoms in total. The minimum Gasteiger partial charge on any atom is -0.454 e. The van der Waals surface area contributed by atoms with E-state index in [0.717, 1.165) is 11.1 Å². The molecule has 0 saturated heterocycles. The lowest BCUT2D eigenvalue weighted by molar-refractivity contribution is -0.122. The molecule has 11 heteroatoms. The van der Waals surface area contributed by atoms with Crippen molar-refractivity contribution in [2.75, 3.05) is 17.9 Å². The Morgan fingerprint density at radius 2 is 1.79 bits per heavy atom. The van der Waals surface area contributed by atoms with Crippen molar-refractivity contribution in [2.24, 2.45) is 9.98 Å². The highest BCUT2D eigenvalue weighted by atomic mass is 32.2. The van der Waals surface area contributed by atoms with Gasteiger partial charge in [-0.1, -0.05) is 55.9 Å². The third-order valence-electron chi connectivity index (χ3n) is 7.37. The van der Waals surface area contributed by atoms with Crippen LogP contribution in [-0.2, 0) is 20.9 Å². The van der Waals surface area contributed by atoms with Gasteiger partial charge in [0.05, 0.1) is 11.4 Å². The molecule has 3 amide bonds. The second-order valence-corrected chi connectivity index (χ2v) is 11.6. The molecular weight excluding hydrogens is 566 g/mol. The average molecular weight is 598 g/mol. The van der Waals surface area contributed by atoms with Crippen molar-refractivity contribution in [3.8, 4) is 11.5 Å². The zero-order valence-corrected chi connectivity index (χ0v) is 24.6. The highest BCUT2D eigenvalue weighted by Crippen LogP contribution is 2.35. The Hall–Kier alpha value is -4.64. The van der Waals surface area contributed by atoms with Crippen molar-refractivity contribution in [1.29, 1.82) is 0 Å². The number of amidine groups is 2. The van der Waals surface area contributed by atoms with Crippen molar-refractivity contribution in [3.63, 3.8) is 0 Å². The summed E-state index contributed by atoms with van der Waals surface area (Å²) in [6.07, 6.45) is 0.363. The molecule has 0 bridgehead atoms. The van der Waals surface area contributed by atoms with Crippen molar-refractivity contribution < 1.29 is 23.9 Å². The number of amides is 3. The number of fused-ring (bicyclic) bond motifs is 4. The smallest absolute Gasteiger partial charge is 0.270 e. The molecule has 1 unspecified atom stereocenters. The highest BCUT2D eigenvalue weighted by molar-refractivity contribution is 8.14. The lowest BCUT2D eigenvalue weighted by Gasteiger charge is -2.31. The number of rotatable bonds is 9. The van der Waals surface area contributed by atoms with Gasteiger partial charge in [0.2, 0.25) is 18.6 Å². The van der Waals surface area contributed by atoms with Crippen LogP contribution in [0.25, 0.3) is 0 Å². The number of benzene rings is 3. The van der Waals surface area contributed by atoms with Crippen molar-refractivity contribution in [2.45, 2.75) is 45.2 Å². The number of nitrogens with one attached hydrogen (secondary N) is 2. The first-order chi connectivity index (χ1) is 20.9. The van der Waals surface area contributed by atoms with Crippen LogP contribution in [0.3, 0.4) is 0 Å². The summed E-state index contributed by atoms with van der Waals surface area (Å²) in [5.74, 6) is 1.61. The Morgan fingerprint density at radius 1 is 1.00 bits per heavy atom. The minimum atomic E-state index is -0.697. The largest absolute Gasteiger partial charge is 0.454 e. The van der Waals surface area contributed by atoms with E-state index in [1.807, 2.05) is 66.7 Å². The molecule has 6 rings (SSSR count). The number of para-hydroxylation sites is 1. The summed E-state index contributed by atoms with van der Waals surface area (Å²) >= 11 is 1.24. The summed E-state index contributed by atoms with van der Waals surface area (Å²) in [5, 5.41) is 6.34. The Balaban J connectivity index is 1.10. The summed E-state index contributed by atoms with van der Waals surface area (Å²) in [4.78, 5) is 49.7. The van der Waals surface area contributed by atoms with Crippen LogP contribution in [0.4, 0.5) is 11.4 Å². The van der Waals surface area contributed by atoms with Crippen molar-refractivity contribution in [3.05, 3.63) is 83.4 Å². The zero-order chi connectivity index (χ0) is 29.9. The lowest BCUT2D eigenvalue weighted by atomic mass is 10.0. The van der Waals surface area contributed by atoms with Gasteiger partial charge in [-0.2, -0.15) is 4.99 Å². The predicted octanol–water partition coefficient (Wildman–Crippen LogP) is 4.97. The maximum atomic E-state index is 13.1. The van der Waals surface area contributed by atoms with Crippen LogP contribution in [0, 0.1) is 0 Å². The molecule has 3 heterocycles. The van der Waals surface area contributed by atoms with Crippen LogP contribution in [0.15, 0.2) is 76.7 Å². The first kappa shape index (κ1) is 28.5. The van der Waals surface area contributed by atoms with Gasteiger partial charge in [-0.3, -0.25) is 19.3 Å². The van der Waals surface area contributed by atoms with E-state index in [-0.39, 0.29) is 43.1 Å². The van der Waals surface area contributed by atoms with E-state index < -0.39 is 6.04 Å². The van der Waals surface area contributed by atoms with E-state index in [1.165, 1.54) is 17.3 Å². The maximum absolute atomic E-state index is 13.1. The molecule has 3 aromatic rings. The first-order valence-electron chi connectivity index (χ1n) is 14.1. The molecule has 0 aliphatic carbocycles. The van der Waals surface area contributed by atoms with Gasteiger partial charge >= 0.3 is 0 Å². The molecule has 3 aliphatic heterocycles. The number of ether oxygens (including phenoxy) is 2. The average Bonchev–Trinajstić information content (AvgIpc) is 3.61. The lowest BCUT2D eigenvalue weighted by Crippen LogP contribution is -2.44. The van der Waals surface area contributed by atoms with Crippen LogP contribution in [0.1, 0.15) is 49.3 Å². The van der Waals surface area contributed by atoms with E-state index in [2.05, 4.69) is 29.5 Å². The Labute approximate surface area is 253 Å². The standard InChI is InChI=1S/C32H31N5O5S/c1-19(2)21-8-10-22(11-9-21)34-29(39)17-43-32-35-24-6-4-3-5-23(24)30-36-31(40)25(37(30)32)12-14-28(38)33-16-20-7-13-26-27(15-20)42-18-41-26/h3-11,13,15,19,25H,12,14,16-18H2,1-2H3,(H,33,38)(H,34,39). The van der Waals surface area contributed by atoms with E-state index in [0.29, 0.717) is 46.3 Å². The quantitative estimate of drug-likeness (QED) is 0.357. The van der Waals surface area contributed by atoms with Crippen LogP contribution >= 0.6 is 11.8 Å². The third kappa shape index (κ3) is 6.26. The number of aliphatic imine (C=N–C) groups is 2. The zero-order valence-electron chi connectivity index (χ0n) is 23.8. The van der Waals surface area contributed by atoms with Crippen LogP contribution in [0.5, 0.6) is 11.5 Å². The predicted molar refractivity (Wildman–Crippen MR) is 166 cm³/mol. The highest BCUT2D eigenvalue weighted by Gasteiger charge is 2.41. The fourth-order valence-corrected chi connectivity index (χ4v) is 5.91. The van der Waals surface area contributed by atoms with E-state index in [1.54, 1.807) is 4.90 Å². The summed E-state index contributed by atoms with van der Waals surface area (Å²) < 4.78 is 10.7. The Bertz CT molecular complexity index is 1640. The number of carbonyl (C=O) groups excluding carboxylic acids is 3. The number of hydrogen-bond acceptors (Lipinski definition) is 8. The second kappa shape index (κ2) is 12.3. The molecule has 0 saturated carbocycles. The van der Waals surface area contributed by atoms with Gasteiger partial charge in [-0.25, -0.2) is 4.99 Å². The summed E-state index contributed by atoms with van der Waals surface area (Å²) in [7, 11) is 0. The minimum absolute atomic E-state index is 0.0909.